The fourth-order valence-electron chi connectivity index (χ4n) is 2.31. The average molecular weight is 323 g/mol. The number of hydrogen-bond donors (Lipinski definition) is 1. The van der Waals surface area contributed by atoms with Crippen molar-refractivity contribution in [3.05, 3.63) is 57.6 Å². The third kappa shape index (κ3) is 2.54. The highest BCUT2D eigenvalue weighted by atomic mass is 35.5. The number of aromatic nitrogens is 2. The van der Waals surface area contributed by atoms with Crippen molar-refractivity contribution in [3.63, 3.8) is 0 Å². The van der Waals surface area contributed by atoms with Crippen LogP contribution in [0.2, 0.25) is 5.02 Å². The molecule has 6 heteroatoms. The highest BCUT2D eigenvalue weighted by Crippen LogP contribution is 2.25. The molecule has 0 radical (unpaired) electrons. The van der Waals surface area contributed by atoms with Gasteiger partial charge in [0, 0.05) is 11.6 Å². The van der Waals surface area contributed by atoms with Gasteiger partial charge >= 0.3 is 0 Å². The molecule has 0 aliphatic rings. The van der Waals surface area contributed by atoms with E-state index >= 15 is 0 Å². The molecule has 0 bridgehead atoms. The van der Waals surface area contributed by atoms with Crippen LogP contribution in [0.4, 0.5) is 4.39 Å². The highest BCUT2D eigenvalue weighted by molar-refractivity contribution is 7.71. The van der Waals surface area contributed by atoms with Gasteiger partial charge in [0.1, 0.15) is 11.6 Å². The minimum atomic E-state index is -0.468. The third-order valence-electron chi connectivity index (χ3n) is 3.34. The van der Waals surface area contributed by atoms with E-state index in [9.17, 15) is 4.39 Å². The summed E-state index contributed by atoms with van der Waals surface area (Å²) in [6.07, 6.45) is 0. The molecule has 0 spiro atoms. The first-order valence-electron chi connectivity index (χ1n) is 6.29. The summed E-state index contributed by atoms with van der Waals surface area (Å²) in [7, 11) is 1.62. The Labute approximate surface area is 130 Å². The van der Waals surface area contributed by atoms with Gasteiger partial charge in [-0.3, -0.25) is 0 Å². The van der Waals surface area contributed by atoms with E-state index in [1.54, 1.807) is 13.2 Å². The largest absolute Gasteiger partial charge is 0.496 e. The average Bonchev–Trinajstić information content (AvgIpc) is 2.76. The van der Waals surface area contributed by atoms with Crippen molar-refractivity contribution in [3.8, 4) is 5.75 Å². The Balaban J connectivity index is 2.14. The molecule has 0 atom stereocenters. The lowest BCUT2D eigenvalue weighted by atomic mass is 10.2. The summed E-state index contributed by atoms with van der Waals surface area (Å²) in [4.78, 5) is 2.99. The Morgan fingerprint density at radius 2 is 2.10 bits per heavy atom. The lowest BCUT2D eigenvalue weighted by Crippen LogP contribution is -2.02. The van der Waals surface area contributed by atoms with Crippen LogP contribution >= 0.6 is 23.8 Å². The number of imidazole rings is 1. The van der Waals surface area contributed by atoms with Gasteiger partial charge in [0.25, 0.3) is 0 Å². The number of fused-ring (bicyclic) bond motifs is 1. The second kappa shape index (κ2) is 5.50. The van der Waals surface area contributed by atoms with E-state index in [1.165, 1.54) is 6.07 Å². The Hall–Kier alpha value is -1.85. The van der Waals surface area contributed by atoms with Crippen molar-refractivity contribution < 1.29 is 9.13 Å². The van der Waals surface area contributed by atoms with Crippen molar-refractivity contribution in [2.45, 2.75) is 6.54 Å². The number of benzene rings is 2. The first-order valence-corrected chi connectivity index (χ1v) is 7.08. The van der Waals surface area contributed by atoms with E-state index < -0.39 is 5.82 Å². The number of aromatic amines is 1. The van der Waals surface area contributed by atoms with Crippen LogP contribution < -0.4 is 4.74 Å². The summed E-state index contributed by atoms with van der Waals surface area (Å²) in [5.41, 5.74) is 2.37. The molecule has 0 unspecified atom stereocenters. The number of H-pyrrole nitrogens is 1. The maximum Gasteiger partial charge on any atom is 0.178 e. The Bertz CT molecular complexity index is 872. The molecule has 3 aromatic rings. The van der Waals surface area contributed by atoms with E-state index in [-0.39, 0.29) is 5.02 Å². The first kappa shape index (κ1) is 14.1. The van der Waals surface area contributed by atoms with Crippen LogP contribution in [0.3, 0.4) is 0 Å². The SMILES string of the molecule is COc1ccccc1Cn1c(=S)[nH]c2cc(F)c(Cl)cc21. The molecule has 2 aromatic carbocycles. The number of nitrogens with zero attached hydrogens (tertiary/aromatic N) is 1. The normalized spacial score (nSPS) is 11.0. The number of para-hydroxylation sites is 1. The summed E-state index contributed by atoms with van der Waals surface area (Å²) in [5.74, 6) is 0.312. The van der Waals surface area contributed by atoms with Crippen LogP contribution in [0.15, 0.2) is 36.4 Å². The molecular weight excluding hydrogens is 311 g/mol. The second-order valence-electron chi connectivity index (χ2n) is 4.61. The molecule has 1 aromatic heterocycles. The maximum atomic E-state index is 13.5. The van der Waals surface area contributed by atoms with Crippen molar-refractivity contribution in [1.29, 1.82) is 0 Å². The fraction of sp³-hybridized carbons (Fsp3) is 0.133. The molecule has 108 valence electrons. The van der Waals surface area contributed by atoms with Crippen LogP contribution in [0, 0.1) is 10.6 Å². The summed E-state index contributed by atoms with van der Waals surface area (Å²) in [6.45, 7) is 0.519. The van der Waals surface area contributed by atoms with Gasteiger partial charge in [0.15, 0.2) is 4.77 Å². The minimum absolute atomic E-state index is 0.0743. The molecule has 0 amide bonds. The topological polar surface area (TPSA) is 29.9 Å². The Morgan fingerprint density at radius 1 is 1.33 bits per heavy atom. The molecule has 3 nitrogen and oxygen atoms in total. The first-order chi connectivity index (χ1) is 10.1. The van der Waals surface area contributed by atoms with Gasteiger partial charge in [0.05, 0.1) is 29.7 Å². The van der Waals surface area contributed by atoms with Crippen molar-refractivity contribution in [2.24, 2.45) is 0 Å². The molecule has 0 aliphatic heterocycles. The molecule has 3 rings (SSSR count). The Morgan fingerprint density at radius 3 is 2.86 bits per heavy atom. The van der Waals surface area contributed by atoms with Gasteiger partial charge in [-0.05, 0) is 24.4 Å². The fourth-order valence-corrected chi connectivity index (χ4v) is 2.74. The number of methoxy groups -OCH3 is 1. The van der Waals surface area contributed by atoms with E-state index in [4.69, 9.17) is 28.6 Å². The zero-order valence-electron chi connectivity index (χ0n) is 11.2. The summed E-state index contributed by atoms with van der Waals surface area (Å²) >= 11 is 11.2. The lowest BCUT2D eigenvalue weighted by Gasteiger charge is -2.10. The molecule has 0 fully saturated rings. The molecule has 0 saturated carbocycles. The van der Waals surface area contributed by atoms with E-state index in [0.29, 0.717) is 16.8 Å². The van der Waals surface area contributed by atoms with Crippen molar-refractivity contribution in [1.82, 2.24) is 9.55 Å². The minimum Gasteiger partial charge on any atom is -0.496 e. The number of halogens is 2. The molecule has 1 N–H and O–H groups in total. The van der Waals surface area contributed by atoms with Crippen LogP contribution in [0.5, 0.6) is 5.75 Å². The van der Waals surface area contributed by atoms with E-state index in [0.717, 1.165) is 16.8 Å². The lowest BCUT2D eigenvalue weighted by molar-refractivity contribution is 0.408. The van der Waals surface area contributed by atoms with Gasteiger partial charge in [-0.2, -0.15) is 0 Å². The van der Waals surface area contributed by atoms with Crippen molar-refractivity contribution >= 4 is 34.9 Å². The van der Waals surface area contributed by atoms with Gasteiger partial charge < -0.3 is 14.3 Å². The number of ether oxygens (including phenoxy) is 1. The standard InChI is InChI=1S/C15H12ClFN2OS/c1-20-14-5-3-2-4-9(14)8-19-13-6-10(16)11(17)7-12(13)18-15(19)21/h2-7H,8H2,1H3,(H,18,21). The monoisotopic (exact) mass is 322 g/mol. The van der Waals surface area contributed by atoms with Crippen LogP contribution in [0.25, 0.3) is 11.0 Å². The van der Waals surface area contributed by atoms with Crippen LogP contribution in [-0.4, -0.2) is 16.7 Å². The van der Waals surface area contributed by atoms with Gasteiger partial charge in [0.2, 0.25) is 0 Å². The molecule has 0 aliphatic carbocycles. The third-order valence-corrected chi connectivity index (χ3v) is 3.95. The molecular formula is C15H12ClFN2OS. The smallest absolute Gasteiger partial charge is 0.178 e. The number of rotatable bonds is 3. The number of hydrogen-bond acceptors (Lipinski definition) is 2. The van der Waals surface area contributed by atoms with Crippen molar-refractivity contribution in [2.75, 3.05) is 7.11 Å². The van der Waals surface area contributed by atoms with Gasteiger partial charge in [-0.15, -0.1) is 0 Å². The quantitative estimate of drug-likeness (QED) is 0.717. The van der Waals surface area contributed by atoms with Gasteiger partial charge in [-0.1, -0.05) is 29.8 Å². The Kier molecular flexibility index (Phi) is 3.69. The zero-order chi connectivity index (χ0) is 15.0. The zero-order valence-corrected chi connectivity index (χ0v) is 12.8. The molecule has 1 heterocycles. The van der Waals surface area contributed by atoms with E-state index in [1.807, 2.05) is 28.8 Å². The van der Waals surface area contributed by atoms with Gasteiger partial charge in [-0.25, -0.2) is 4.39 Å². The second-order valence-corrected chi connectivity index (χ2v) is 5.41. The summed E-state index contributed by atoms with van der Waals surface area (Å²) < 4.78 is 21.2. The van der Waals surface area contributed by atoms with E-state index in [2.05, 4.69) is 4.98 Å². The van der Waals surface area contributed by atoms with Crippen LogP contribution in [-0.2, 0) is 6.54 Å². The predicted octanol–water partition coefficient (Wildman–Crippen LogP) is 4.55. The summed E-state index contributed by atoms with van der Waals surface area (Å²) in [5, 5.41) is 0.0743. The summed E-state index contributed by atoms with van der Waals surface area (Å²) in [6, 6.07) is 10.6. The predicted molar refractivity (Wildman–Crippen MR) is 84.2 cm³/mol. The highest BCUT2D eigenvalue weighted by Gasteiger charge is 2.11. The maximum absolute atomic E-state index is 13.5. The molecule has 0 saturated heterocycles. The molecule has 21 heavy (non-hydrogen) atoms. The number of nitrogens with one attached hydrogen (secondary N) is 1. The van der Waals surface area contributed by atoms with Crippen LogP contribution in [0.1, 0.15) is 5.56 Å².